The van der Waals surface area contributed by atoms with Crippen LogP contribution in [-0.4, -0.2) is 32.9 Å². The van der Waals surface area contributed by atoms with Crippen molar-refractivity contribution >= 4 is 5.91 Å². The van der Waals surface area contributed by atoms with Gasteiger partial charge in [-0.25, -0.2) is 0 Å². The highest BCUT2D eigenvalue weighted by molar-refractivity contribution is 5.93. The van der Waals surface area contributed by atoms with Crippen molar-refractivity contribution in [1.82, 2.24) is 15.1 Å². The van der Waals surface area contributed by atoms with Gasteiger partial charge in [0.2, 0.25) is 0 Å². The molecule has 1 aliphatic carbocycles. The molecule has 0 saturated heterocycles. The number of hydrogen-bond donors (Lipinski definition) is 2. The van der Waals surface area contributed by atoms with Crippen molar-refractivity contribution in [3.05, 3.63) is 18.0 Å². The number of aryl methyl sites for hydroxylation is 1. The lowest BCUT2D eigenvalue weighted by Gasteiger charge is -2.31. The molecule has 0 radical (unpaired) electrons. The molecule has 1 fully saturated rings. The summed E-state index contributed by atoms with van der Waals surface area (Å²) in [6.07, 6.45) is 4.28. The number of aliphatic hydroxyl groups is 1. The fraction of sp³-hybridized carbons (Fsp3) is 0.556. The Hall–Kier alpha value is -1.36. The van der Waals surface area contributed by atoms with E-state index < -0.39 is 0 Å². The molecule has 2 rings (SSSR count). The number of carbonyl (C=O) groups excluding carboxylic acids is 1. The minimum absolute atomic E-state index is 0.116. The van der Waals surface area contributed by atoms with Crippen LogP contribution in [0, 0.1) is 0 Å². The number of aliphatic hydroxyl groups excluding tert-OH is 1. The Kier molecular flexibility index (Phi) is 2.25. The zero-order valence-electron chi connectivity index (χ0n) is 7.97. The molecule has 0 aromatic carbocycles. The maximum Gasteiger partial charge on any atom is 0.254 e. The van der Waals surface area contributed by atoms with Gasteiger partial charge in [-0.05, 0) is 12.8 Å². The molecule has 0 aliphatic heterocycles. The second-order valence-corrected chi connectivity index (χ2v) is 3.70. The van der Waals surface area contributed by atoms with Crippen LogP contribution >= 0.6 is 0 Å². The van der Waals surface area contributed by atoms with Crippen molar-refractivity contribution in [1.29, 1.82) is 0 Å². The van der Waals surface area contributed by atoms with Crippen LogP contribution in [0.2, 0.25) is 0 Å². The molecule has 5 nitrogen and oxygen atoms in total. The van der Waals surface area contributed by atoms with Crippen LogP contribution < -0.4 is 5.32 Å². The SMILES string of the molecule is Cn1cc(C(=O)NC2CC(O)C2)cn1. The van der Waals surface area contributed by atoms with E-state index >= 15 is 0 Å². The number of aromatic nitrogens is 2. The summed E-state index contributed by atoms with van der Waals surface area (Å²) in [6, 6.07) is 0.123. The van der Waals surface area contributed by atoms with Crippen molar-refractivity contribution < 1.29 is 9.90 Å². The highest BCUT2D eigenvalue weighted by Gasteiger charge is 2.28. The largest absolute Gasteiger partial charge is 0.393 e. The van der Waals surface area contributed by atoms with E-state index in [0.29, 0.717) is 18.4 Å². The van der Waals surface area contributed by atoms with Crippen LogP contribution in [-0.2, 0) is 7.05 Å². The first-order valence-electron chi connectivity index (χ1n) is 4.62. The first-order valence-corrected chi connectivity index (χ1v) is 4.62. The van der Waals surface area contributed by atoms with Crippen molar-refractivity contribution in [2.45, 2.75) is 25.0 Å². The maximum absolute atomic E-state index is 11.5. The van der Waals surface area contributed by atoms with Crippen molar-refractivity contribution in [3.8, 4) is 0 Å². The van der Waals surface area contributed by atoms with Gasteiger partial charge in [0.1, 0.15) is 0 Å². The highest BCUT2D eigenvalue weighted by atomic mass is 16.3. The predicted octanol–water partition coefficient (Wildman–Crippen LogP) is -0.327. The van der Waals surface area contributed by atoms with Gasteiger partial charge in [-0.15, -0.1) is 0 Å². The van der Waals surface area contributed by atoms with E-state index in [9.17, 15) is 4.79 Å². The summed E-state index contributed by atoms with van der Waals surface area (Å²) in [6.45, 7) is 0. The van der Waals surface area contributed by atoms with E-state index in [1.807, 2.05) is 0 Å². The number of amides is 1. The van der Waals surface area contributed by atoms with E-state index in [2.05, 4.69) is 10.4 Å². The fourth-order valence-corrected chi connectivity index (χ4v) is 1.51. The molecular formula is C9H13N3O2. The summed E-state index contributed by atoms with van der Waals surface area (Å²) in [7, 11) is 1.77. The maximum atomic E-state index is 11.5. The fourth-order valence-electron chi connectivity index (χ4n) is 1.51. The number of rotatable bonds is 2. The zero-order chi connectivity index (χ0) is 10.1. The monoisotopic (exact) mass is 195 g/mol. The number of hydrogen-bond acceptors (Lipinski definition) is 3. The van der Waals surface area contributed by atoms with Gasteiger partial charge in [0.25, 0.3) is 5.91 Å². The van der Waals surface area contributed by atoms with Crippen LogP contribution in [0.25, 0.3) is 0 Å². The van der Waals surface area contributed by atoms with Crippen molar-refractivity contribution in [2.75, 3.05) is 0 Å². The molecule has 0 bridgehead atoms. The summed E-state index contributed by atoms with van der Waals surface area (Å²) in [5.74, 6) is -0.116. The number of carbonyl (C=O) groups is 1. The molecule has 0 spiro atoms. The minimum Gasteiger partial charge on any atom is -0.393 e. The van der Waals surface area contributed by atoms with E-state index in [4.69, 9.17) is 5.11 Å². The molecule has 1 aromatic rings. The van der Waals surface area contributed by atoms with Gasteiger partial charge >= 0.3 is 0 Å². The third-order valence-corrected chi connectivity index (χ3v) is 2.42. The lowest BCUT2D eigenvalue weighted by molar-refractivity contribution is 0.0562. The molecule has 1 aromatic heterocycles. The van der Waals surface area contributed by atoms with Gasteiger partial charge in [0.05, 0.1) is 17.9 Å². The molecule has 1 aliphatic rings. The standard InChI is InChI=1S/C9H13N3O2/c1-12-5-6(4-10-12)9(14)11-7-2-8(13)3-7/h4-5,7-8,13H,2-3H2,1H3,(H,11,14). The van der Waals surface area contributed by atoms with Gasteiger partial charge in [-0.2, -0.15) is 5.10 Å². The smallest absolute Gasteiger partial charge is 0.254 e. The average Bonchev–Trinajstić information content (AvgIpc) is 2.49. The summed E-state index contributed by atoms with van der Waals surface area (Å²) in [5.41, 5.74) is 0.564. The second-order valence-electron chi connectivity index (χ2n) is 3.70. The molecule has 1 saturated carbocycles. The van der Waals surface area contributed by atoms with E-state index in [1.165, 1.54) is 6.20 Å². The molecule has 2 N–H and O–H groups in total. The van der Waals surface area contributed by atoms with Gasteiger partial charge in [0.15, 0.2) is 0 Å². The average molecular weight is 195 g/mol. The lowest BCUT2D eigenvalue weighted by Crippen LogP contribution is -2.46. The molecule has 0 unspecified atom stereocenters. The molecule has 1 heterocycles. The van der Waals surface area contributed by atoms with Gasteiger partial charge in [-0.1, -0.05) is 0 Å². The zero-order valence-corrected chi connectivity index (χ0v) is 7.97. The van der Waals surface area contributed by atoms with Crippen LogP contribution in [0.4, 0.5) is 0 Å². The van der Waals surface area contributed by atoms with Crippen molar-refractivity contribution in [3.63, 3.8) is 0 Å². The topological polar surface area (TPSA) is 67.2 Å². The Bertz CT molecular complexity index is 342. The highest BCUT2D eigenvalue weighted by Crippen LogP contribution is 2.19. The minimum atomic E-state index is -0.241. The quantitative estimate of drug-likeness (QED) is 0.679. The van der Waals surface area contributed by atoms with Gasteiger partial charge < -0.3 is 10.4 Å². The van der Waals surface area contributed by atoms with Crippen LogP contribution in [0.15, 0.2) is 12.4 Å². The van der Waals surface area contributed by atoms with Crippen LogP contribution in [0.1, 0.15) is 23.2 Å². The van der Waals surface area contributed by atoms with Crippen LogP contribution in [0.5, 0.6) is 0 Å². The number of nitrogens with one attached hydrogen (secondary N) is 1. The predicted molar refractivity (Wildman–Crippen MR) is 49.7 cm³/mol. The van der Waals surface area contributed by atoms with Crippen molar-refractivity contribution in [2.24, 2.45) is 7.05 Å². The summed E-state index contributed by atoms with van der Waals surface area (Å²) < 4.78 is 1.59. The first kappa shape index (κ1) is 9.21. The summed E-state index contributed by atoms with van der Waals surface area (Å²) >= 11 is 0. The second kappa shape index (κ2) is 3.42. The molecular weight excluding hydrogens is 182 g/mol. The molecule has 1 amide bonds. The molecule has 5 heteroatoms. The Morgan fingerprint density at radius 2 is 2.43 bits per heavy atom. The Morgan fingerprint density at radius 1 is 1.71 bits per heavy atom. The van der Waals surface area contributed by atoms with Gasteiger partial charge in [0, 0.05) is 19.3 Å². The summed E-state index contributed by atoms with van der Waals surface area (Å²) in [5, 5.41) is 15.8. The Morgan fingerprint density at radius 3 is 2.93 bits per heavy atom. The van der Waals surface area contributed by atoms with E-state index in [1.54, 1.807) is 17.9 Å². The molecule has 76 valence electrons. The Balaban J connectivity index is 1.90. The Labute approximate surface area is 81.7 Å². The van der Waals surface area contributed by atoms with E-state index in [0.717, 1.165) is 0 Å². The normalized spacial score (nSPS) is 25.6. The molecule has 14 heavy (non-hydrogen) atoms. The lowest BCUT2D eigenvalue weighted by atomic mass is 9.89. The molecule has 0 atom stereocenters. The first-order chi connectivity index (χ1) is 6.65. The van der Waals surface area contributed by atoms with Gasteiger partial charge in [-0.3, -0.25) is 9.48 Å². The number of nitrogens with zero attached hydrogens (tertiary/aromatic N) is 2. The third-order valence-electron chi connectivity index (χ3n) is 2.42. The summed E-state index contributed by atoms with van der Waals surface area (Å²) in [4.78, 5) is 11.5. The van der Waals surface area contributed by atoms with E-state index in [-0.39, 0.29) is 18.1 Å². The van der Waals surface area contributed by atoms with Crippen LogP contribution in [0.3, 0.4) is 0 Å². The third kappa shape index (κ3) is 1.77.